The molecule has 0 saturated carbocycles. The van der Waals surface area contributed by atoms with Crippen molar-refractivity contribution in [1.29, 1.82) is 0 Å². The molecule has 0 spiro atoms. The predicted octanol–water partition coefficient (Wildman–Crippen LogP) is 4.88. The highest BCUT2D eigenvalue weighted by molar-refractivity contribution is 7.92. The van der Waals surface area contributed by atoms with Gasteiger partial charge in [0, 0.05) is 19.4 Å². The van der Waals surface area contributed by atoms with E-state index >= 15 is 0 Å². The van der Waals surface area contributed by atoms with Crippen molar-refractivity contribution in [2.45, 2.75) is 37.6 Å². The third-order valence-corrected chi connectivity index (χ3v) is 7.63. The molecule has 1 aromatic heterocycles. The number of halogens is 1. The lowest BCUT2D eigenvalue weighted by Crippen LogP contribution is -2.32. The Morgan fingerprint density at radius 3 is 2.49 bits per heavy atom. The highest BCUT2D eigenvalue weighted by atomic mass is 32.2. The second-order valence-electron chi connectivity index (χ2n) is 8.48. The van der Waals surface area contributed by atoms with Gasteiger partial charge in [0.2, 0.25) is 0 Å². The maximum atomic E-state index is 13.6. The van der Waals surface area contributed by atoms with E-state index in [9.17, 15) is 22.7 Å². The van der Waals surface area contributed by atoms with Gasteiger partial charge >= 0.3 is 5.97 Å². The maximum absolute atomic E-state index is 13.6. The molecule has 0 aliphatic carbocycles. The van der Waals surface area contributed by atoms with Crippen molar-refractivity contribution in [1.82, 2.24) is 9.55 Å². The molecule has 194 valence electrons. The van der Waals surface area contributed by atoms with Crippen LogP contribution in [-0.2, 0) is 27.8 Å². The largest absolute Gasteiger partial charge is 0.494 e. The fourth-order valence-electron chi connectivity index (χ4n) is 4.09. The predicted molar refractivity (Wildman–Crippen MR) is 139 cm³/mol. The molecule has 4 aromatic rings. The summed E-state index contributed by atoms with van der Waals surface area (Å²) in [6.07, 6.45) is 1.76. The van der Waals surface area contributed by atoms with Crippen molar-refractivity contribution in [2.75, 3.05) is 17.5 Å². The van der Waals surface area contributed by atoms with E-state index in [0.717, 1.165) is 18.6 Å². The summed E-state index contributed by atoms with van der Waals surface area (Å²) < 4.78 is 49.4. The highest BCUT2D eigenvalue weighted by Crippen LogP contribution is 2.29. The van der Waals surface area contributed by atoms with Gasteiger partial charge in [0.15, 0.2) is 0 Å². The van der Waals surface area contributed by atoms with Crippen LogP contribution in [-0.4, -0.2) is 42.2 Å². The van der Waals surface area contributed by atoms with Gasteiger partial charge in [-0.05, 0) is 61.0 Å². The number of carbonyl (C=O) groups is 1. The van der Waals surface area contributed by atoms with Crippen LogP contribution in [0.15, 0.2) is 77.7 Å². The Hall–Kier alpha value is -3.92. The second kappa shape index (κ2) is 11.4. The third-order valence-electron chi connectivity index (χ3n) is 5.78. The van der Waals surface area contributed by atoms with E-state index < -0.39 is 21.8 Å². The number of carboxylic acid groups (broad SMARTS) is 1. The molecule has 0 unspecified atom stereocenters. The molecule has 0 aliphatic rings. The quantitative estimate of drug-likeness (QED) is 0.265. The number of para-hydroxylation sites is 1. The number of anilines is 1. The van der Waals surface area contributed by atoms with E-state index in [1.165, 1.54) is 16.4 Å². The number of fused-ring (bicyclic) bond motifs is 1. The molecule has 10 heteroatoms. The zero-order valence-corrected chi connectivity index (χ0v) is 21.2. The minimum absolute atomic E-state index is 0.0407. The Morgan fingerprint density at radius 2 is 1.81 bits per heavy atom. The zero-order valence-electron chi connectivity index (χ0n) is 20.4. The Bertz CT molecular complexity index is 1470. The van der Waals surface area contributed by atoms with Gasteiger partial charge in [-0.15, -0.1) is 0 Å². The monoisotopic (exact) mass is 525 g/mol. The van der Waals surface area contributed by atoms with Crippen LogP contribution in [0.5, 0.6) is 5.75 Å². The smallest absolute Gasteiger partial charge is 0.323 e. The first-order valence-electron chi connectivity index (χ1n) is 12.0. The van der Waals surface area contributed by atoms with E-state index in [1.54, 1.807) is 22.8 Å². The molecule has 8 nitrogen and oxygen atoms in total. The van der Waals surface area contributed by atoms with Crippen molar-refractivity contribution in [2.24, 2.45) is 0 Å². The zero-order chi connectivity index (χ0) is 26.4. The minimum Gasteiger partial charge on any atom is -0.494 e. The van der Waals surface area contributed by atoms with Crippen LogP contribution in [0.1, 0.15) is 25.6 Å². The standard InChI is InChI=1S/C27H28FN3O5S/c1-2-7-26-29-24-18-21(12-15-25(24)30(26)19-27(32)33)31(16-6-17-36-22-8-4-3-5-9-22)37(34,35)23-13-10-20(28)11-14-23/h3-5,8-15,18H,2,6-7,16-17,19H2,1H3,(H,32,33). The van der Waals surface area contributed by atoms with Gasteiger partial charge in [0.05, 0.1) is 28.2 Å². The van der Waals surface area contributed by atoms with E-state index in [-0.39, 0.29) is 24.6 Å². The van der Waals surface area contributed by atoms with Crippen LogP contribution in [0.25, 0.3) is 11.0 Å². The summed E-state index contributed by atoms with van der Waals surface area (Å²) >= 11 is 0. The number of carboxylic acids is 1. The molecule has 1 heterocycles. The first-order valence-corrected chi connectivity index (χ1v) is 13.4. The van der Waals surface area contributed by atoms with Crippen molar-refractivity contribution in [3.05, 3.63) is 84.4 Å². The molecule has 0 amide bonds. The average Bonchev–Trinajstić information content (AvgIpc) is 3.20. The van der Waals surface area contributed by atoms with E-state index in [0.29, 0.717) is 41.1 Å². The number of sulfonamides is 1. The summed E-state index contributed by atoms with van der Waals surface area (Å²) in [5.74, 6) is -0.208. The van der Waals surface area contributed by atoms with Gasteiger partial charge in [-0.2, -0.15) is 0 Å². The van der Waals surface area contributed by atoms with Gasteiger partial charge in [-0.1, -0.05) is 25.1 Å². The Balaban J connectivity index is 1.68. The summed E-state index contributed by atoms with van der Waals surface area (Å²) in [4.78, 5) is 16.0. The van der Waals surface area contributed by atoms with Crippen LogP contribution < -0.4 is 9.04 Å². The number of nitrogens with zero attached hydrogens (tertiary/aromatic N) is 3. The SMILES string of the molecule is CCCc1nc2cc(N(CCCOc3ccccc3)S(=O)(=O)c3ccc(F)cc3)ccc2n1CC(=O)O. The van der Waals surface area contributed by atoms with E-state index in [2.05, 4.69) is 4.98 Å². The maximum Gasteiger partial charge on any atom is 0.323 e. The Labute approximate surface area is 215 Å². The first-order chi connectivity index (χ1) is 17.8. The van der Waals surface area contributed by atoms with E-state index in [4.69, 9.17) is 4.74 Å². The van der Waals surface area contributed by atoms with Gasteiger partial charge in [-0.25, -0.2) is 17.8 Å². The van der Waals surface area contributed by atoms with Crippen LogP contribution in [0, 0.1) is 5.82 Å². The second-order valence-corrected chi connectivity index (χ2v) is 10.3. The molecule has 0 fully saturated rings. The van der Waals surface area contributed by atoms with Crippen LogP contribution in [0.2, 0.25) is 0 Å². The topological polar surface area (TPSA) is 102 Å². The summed E-state index contributed by atoms with van der Waals surface area (Å²) in [5, 5.41) is 9.36. The lowest BCUT2D eigenvalue weighted by molar-refractivity contribution is -0.137. The first kappa shape index (κ1) is 26.2. The molecular formula is C27H28FN3O5S. The van der Waals surface area contributed by atoms with Crippen LogP contribution in [0.3, 0.4) is 0 Å². The van der Waals surface area contributed by atoms with Gasteiger partial charge in [-0.3, -0.25) is 9.10 Å². The highest BCUT2D eigenvalue weighted by Gasteiger charge is 2.26. The molecule has 0 bridgehead atoms. The number of hydrogen-bond donors (Lipinski definition) is 1. The van der Waals surface area contributed by atoms with Gasteiger partial charge in [0.25, 0.3) is 10.0 Å². The number of imidazole rings is 1. The number of hydrogen-bond acceptors (Lipinski definition) is 5. The van der Waals surface area contributed by atoms with Crippen molar-refractivity contribution >= 4 is 32.7 Å². The number of benzene rings is 3. The van der Waals surface area contributed by atoms with Crippen LogP contribution in [0.4, 0.5) is 10.1 Å². The summed E-state index contributed by atoms with van der Waals surface area (Å²) in [6.45, 7) is 2.13. The molecule has 0 atom stereocenters. The molecular weight excluding hydrogens is 497 g/mol. The summed E-state index contributed by atoms with van der Waals surface area (Å²) in [5.41, 5.74) is 1.49. The molecule has 0 saturated heterocycles. The van der Waals surface area contributed by atoms with E-state index in [1.807, 2.05) is 37.3 Å². The van der Waals surface area contributed by atoms with Crippen molar-refractivity contribution in [3.8, 4) is 5.75 Å². The molecule has 0 aliphatic heterocycles. The lowest BCUT2D eigenvalue weighted by atomic mass is 10.2. The number of rotatable bonds is 12. The van der Waals surface area contributed by atoms with Crippen LogP contribution >= 0.6 is 0 Å². The fraction of sp³-hybridized carbons (Fsp3) is 0.259. The van der Waals surface area contributed by atoms with Gasteiger partial charge in [0.1, 0.15) is 23.9 Å². The molecule has 1 N–H and O–H groups in total. The number of ether oxygens (including phenoxy) is 1. The lowest BCUT2D eigenvalue weighted by Gasteiger charge is -2.25. The number of aliphatic carboxylic acids is 1. The molecule has 37 heavy (non-hydrogen) atoms. The summed E-state index contributed by atoms with van der Waals surface area (Å²) in [6, 6.07) is 18.9. The fourth-order valence-corrected chi connectivity index (χ4v) is 5.58. The molecule has 0 radical (unpaired) electrons. The molecule has 3 aromatic carbocycles. The number of aromatic nitrogens is 2. The normalized spacial score (nSPS) is 11.5. The van der Waals surface area contributed by atoms with Gasteiger partial charge < -0.3 is 14.4 Å². The Morgan fingerprint density at radius 1 is 1.08 bits per heavy atom. The minimum atomic E-state index is -4.03. The van der Waals surface area contributed by atoms with Crippen molar-refractivity contribution < 1.29 is 27.4 Å². The average molecular weight is 526 g/mol. The van der Waals surface area contributed by atoms with Crippen molar-refractivity contribution in [3.63, 3.8) is 0 Å². The number of aryl methyl sites for hydroxylation is 1. The summed E-state index contributed by atoms with van der Waals surface area (Å²) in [7, 11) is -4.03. The molecule has 4 rings (SSSR count). The Kier molecular flexibility index (Phi) is 8.08. The third kappa shape index (κ3) is 6.08.